The van der Waals surface area contributed by atoms with Gasteiger partial charge in [0.15, 0.2) is 6.20 Å². The SMILES string of the molecule is CCOC(=O)c1sc(N)c(C#N)c1COC(=O)c1cccc[n+]1[O-]. The van der Waals surface area contributed by atoms with Gasteiger partial charge in [-0.1, -0.05) is 0 Å². The molecular weight excluding hydrogens is 334 g/mol. The zero-order valence-electron chi connectivity index (χ0n) is 12.6. The van der Waals surface area contributed by atoms with Crippen LogP contribution in [-0.4, -0.2) is 18.5 Å². The molecule has 2 aromatic rings. The fourth-order valence-corrected chi connectivity index (χ4v) is 2.82. The molecule has 2 heterocycles. The van der Waals surface area contributed by atoms with Gasteiger partial charge in [0, 0.05) is 17.7 Å². The van der Waals surface area contributed by atoms with Gasteiger partial charge in [0.1, 0.15) is 22.6 Å². The van der Waals surface area contributed by atoms with Gasteiger partial charge in [-0.05, 0) is 13.0 Å². The molecular formula is C15H13N3O5S. The van der Waals surface area contributed by atoms with E-state index in [9.17, 15) is 20.1 Å². The highest BCUT2D eigenvalue weighted by molar-refractivity contribution is 7.18. The Morgan fingerprint density at radius 3 is 2.75 bits per heavy atom. The number of nitriles is 1. The van der Waals surface area contributed by atoms with Crippen LogP contribution in [0, 0.1) is 16.5 Å². The van der Waals surface area contributed by atoms with Gasteiger partial charge in [0.05, 0.1) is 12.2 Å². The molecule has 124 valence electrons. The molecule has 0 aliphatic carbocycles. The predicted molar refractivity (Wildman–Crippen MR) is 83.9 cm³/mol. The van der Waals surface area contributed by atoms with Crippen molar-refractivity contribution in [1.82, 2.24) is 0 Å². The number of ether oxygens (including phenoxy) is 2. The first-order valence-electron chi connectivity index (χ1n) is 6.83. The number of rotatable bonds is 5. The van der Waals surface area contributed by atoms with Crippen molar-refractivity contribution >= 4 is 28.3 Å². The zero-order chi connectivity index (χ0) is 17.7. The van der Waals surface area contributed by atoms with Crippen LogP contribution in [0.25, 0.3) is 0 Å². The third-order valence-electron chi connectivity index (χ3n) is 2.99. The number of carbonyl (C=O) groups excluding carboxylic acids is 2. The Labute approximate surface area is 141 Å². The van der Waals surface area contributed by atoms with Crippen molar-refractivity contribution in [2.24, 2.45) is 0 Å². The fraction of sp³-hybridized carbons (Fsp3) is 0.200. The summed E-state index contributed by atoms with van der Waals surface area (Å²) in [6.07, 6.45) is 1.16. The van der Waals surface area contributed by atoms with Crippen LogP contribution in [0.2, 0.25) is 0 Å². The monoisotopic (exact) mass is 347 g/mol. The molecule has 0 bridgehead atoms. The maximum Gasteiger partial charge on any atom is 0.405 e. The van der Waals surface area contributed by atoms with Crippen LogP contribution in [0.5, 0.6) is 0 Å². The summed E-state index contributed by atoms with van der Waals surface area (Å²) in [6, 6.07) is 6.16. The smallest absolute Gasteiger partial charge is 0.405 e. The van der Waals surface area contributed by atoms with Gasteiger partial charge >= 0.3 is 17.6 Å². The van der Waals surface area contributed by atoms with Gasteiger partial charge in [0.2, 0.25) is 0 Å². The van der Waals surface area contributed by atoms with Crippen LogP contribution in [-0.2, 0) is 16.1 Å². The van der Waals surface area contributed by atoms with Crippen molar-refractivity contribution < 1.29 is 23.8 Å². The summed E-state index contributed by atoms with van der Waals surface area (Å²) in [5.74, 6) is -1.53. The highest BCUT2D eigenvalue weighted by Crippen LogP contribution is 2.31. The van der Waals surface area contributed by atoms with Gasteiger partial charge in [-0.25, -0.2) is 9.59 Å². The number of carbonyl (C=O) groups is 2. The quantitative estimate of drug-likeness (QED) is 0.491. The van der Waals surface area contributed by atoms with Crippen LogP contribution in [0.1, 0.15) is 38.2 Å². The highest BCUT2D eigenvalue weighted by Gasteiger charge is 2.25. The number of aromatic nitrogens is 1. The number of nitrogens with two attached hydrogens (primary N) is 1. The van der Waals surface area contributed by atoms with Crippen LogP contribution >= 0.6 is 11.3 Å². The van der Waals surface area contributed by atoms with Crippen LogP contribution in [0.15, 0.2) is 24.4 Å². The Kier molecular flexibility index (Phi) is 5.34. The summed E-state index contributed by atoms with van der Waals surface area (Å²) in [6.45, 7) is 1.42. The fourth-order valence-electron chi connectivity index (χ4n) is 1.90. The van der Waals surface area contributed by atoms with E-state index in [0.29, 0.717) is 4.73 Å². The van der Waals surface area contributed by atoms with Crippen molar-refractivity contribution in [2.75, 3.05) is 12.3 Å². The van der Waals surface area contributed by atoms with Crippen LogP contribution in [0.4, 0.5) is 5.00 Å². The van der Waals surface area contributed by atoms with E-state index in [-0.39, 0.29) is 39.9 Å². The van der Waals surface area contributed by atoms with Crippen molar-refractivity contribution in [3.05, 3.63) is 51.3 Å². The van der Waals surface area contributed by atoms with E-state index in [1.807, 2.05) is 6.07 Å². The van der Waals surface area contributed by atoms with Gasteiger partial charge in [-0.15, -0.1) is 11.3 Å². The van der Waals surface area contributed by atoms with Crippen molar-refractivity contribution in [3.8, 4) is 6.07 Å². The van der Waals surface area contributed by atoms with E-state index in [1.165, 1.54) is 18.2 Å². The maximum absolute atomic E-state index is 12.0. The van der Waals surface area contributed by atoms with Crippen molar-refractivity contribution in [3.63, 3.8) is 0 Å². The number of hydrogen-bond donors (Lipinski definition) is 1. The molecule has 0 saturated carbocycles. The van der Waals surface area contributed by atoms with Crippen molar-refractivity contribution in [2.45, 2.75) is 13.5 Å². The highest BCUT2D eigenvalue weighted by atomic mass is 32.1. The minimum Gasteiger partial charge on any atom is -0.618 e. The van der Waals surface area contributed by atoms with Crippen LogP contribution < -0.4 is 10.5 Å². The molecule has 0 radical (unpaired) electrons. The second-order valence-corrected chi connectivity index (χ2v) is 5.52. The normalized spacial score (nSPS) is 10.0. The standard InChI is InChI=1S/C15H13N3O5S/c1-2-22-15(20)12-10(9(7-16)13(17)24-12)8-23-14(19)11-5-3-4-6-18(11)21/h3-6H,2,8,17H2,1H3. The third kappa shape index (κ3) is 3.44. The first-order chi connectivity index (χ1) is 11.5. The molecule has 0 atom stereocenters. The largest absolute Gasteiger partial charge is 0.618 e. The Morgan fingerprint density at radius 2 is 2.12 bits per heavy atom. The average Bonchev–Trinajstić information content (AvgIpc) is 2.89. The first-order valence-corrected chi connectivity index (χ1v) is 7.64. The maximum atomic E-state index is 12.0. The summed E-state index contributed by atoms with van der Waals surface area (Å²) < 4.78 is 10.3. The van der Waals surface area contributed by atoms with E-state index in [0.717, 1.165) is 17.5 Å². The molecule has 9 heteroatoms. The van der Waals surface area contributed by atoms with E-state index in [4.69, 9.17) is 15.2 Å². The molecule has 0 amide bonds. The van der Waals surface area contributed by atoms with Gasteiger partial charge in [-0.3, -0.25) is 0 Å². The van der Waals surface area contributed by atoms with Crippen molar-refractivity contribution in [1.29, 1.82) is 5.26 Å². The molecule has 2 N–H and O–H groups in total. The van der Waals surface area contributed by atoms with E-state index in [1.54, 1.807) is 6.92 Å². The number of thiophene rings is 1. The Balaban J connectivity index is 2.26. The van der Waals surface area contributed by atoms with E-state index in [2.05, 4.69) is 0 Å². The third-order valence-corrected chi connectivity index (χ3v) is 4.03. The molecule has 0 aliphatic heterocycles. The minimum absolute atomic E-state index is 0.0546. The van der Waals surface area contributed by atoms with E-state index < -0.39 is 11.9 Å². The number of hydrogen-bond acceptors (Lipinski definition) is 8. The second-order valence-electron chi connectivity index (χ2n) is 4.47. The number of nitrogen functional groups attached to an aromatic ring is 1. The molecule has 0 fully saturated rings. The van der Waals surface area contributed by atoms with Gasteiger partial charge in [-0.2, -0.15) is 9.99 Å². The molecule has 0 aliphatic rings. The minimum atomic E-state index is -0.880. The lowest BCUT2D eigenvalue weighted by atomic mass is 10.1. The number of nitrogens with zero attached hydrogens (tertiary/aromatic N) is 2. The summed E-state index contributed by atoms with van der Waals surface area (Å²) in [4.78, 5) is 24.0. The average molecular weight is 347 g/mol. The summed E-state index contributed by atoms with van der Waals surface area (Å²) >= 11 is 0.887. The second kappa shape index (κ2) is 7.43. The number of esters is 2. The lowest BCUT2D eigenvalue weighted by Gasteiger charge is -2.06. The summed E-state index contributed by atoms with van der Waals surface area (Å²) in [5, 5.41) is 20.8. The Bertz CT molecular complexity index is 825. The molecule has 8 nitrogen and oxygen atoms in total. The lowest BCUT2D eigenvalue weighted by Crippen LogP contribution is -2.34. The molecule has 2 rings (SSSR count). The summed E-state index contributed by atoms with van der Waals surface area (Å²) in [7, 11) is 0. The van der Waals surface area contributed by atoms with Gasteiger partial charge < -0.3 is 20.4 Å². The number of pyridine rings is 1. The molecule has 0 spiro atoms. The molecule has 0 aromatic carbocycles. The van der Waals surface area contributed by atoms with Crippen LogP contribution in [0.3, 0.4) is 0 Å². The molecule has 2 aromatic heterocycles. The predicted octanol–water partition coefficient (Wildman–Crippen LogP) is 1.37. The molecule has 0 saturated heterocycles. The topological polar surface area (TPSA) is 129 Å². The number of anilines is 1. The van der Waals surface area contributed by atoms with Gasteiger partial charge in [0.25, 0.3) is 0 Å². The lowest BCUT2D eigenvalue weighted by molar-refractivity contribution is -0.608. The summed E-state index contributed by atoms with van der Waals surface area (Å²) in [5.41, 5.74) is 5.73. The zero-order valence-corrected chi connectivity index (χ0v) is 13.5. The van der Waals surface area contributed by atoms with E-state index >= 15 is 0 Å². The first kappa shape index (κ1) is 17.2. The molecule has 24 heavy (non-hydrogen) atoms. The Morgan fingerprint density at radius 1 is 1.38 bits per heavy atom. The Hall–Kier alpha value is -3.12. The molecule has 0 unspecified atom stereocenters.